The first-order valence-electron chi connectivity index (χ1n) is 7.46. The summed E-state index contributed by atoms with van der Waals surface area (Å²) in [5.74, 6) is 0. The molecule has 0 saturated heterocycles. The summed E-state index contributed by atoms with van der Waals surface area (Å²) in [7, 11) is 4.07. The van der Waals surface area contributed by atoms with Crippen LogP contribution in [-0.4, -0.2) is 37.1 Å². The molecule has 21 heavy (non-hydrogen) atoms. The summed E-state index contributed by atoms with van der Waals surface area (Å²) in [5, 5.41) is 1.88. The van der Waals surface area contributed by atoms with Crippen LogP contribution in [0.3, 0.4) is 0 Å². The van der Waals surface area contributed by atoms with Crippen molar-refractivity contribution in [3.8, 4) is 0 Å². The Morgan fingerprint density at radius 3 is 2.38 bits per heavy atom. The van der Waals surface area contributed by atoms with Crippen LogP contribution >= 0.6 is 11.6 Å². The summed E-state index contributed by atoms with van der Waals surface area (Å²) in [6, 6.07) is 6.25. The molecule has 1 heterocycles. The van der Waals surface area contributed by atoms with Gasteiger partial charge in [0.05, 0.1) is 10.5 Å². The van der Waals surface area contributed by atoms with E-state index >= 15 is 0 Å². The molecule has 3 nitrogen and oxygen atoms in total. The first-order valence-corrected chi connectivity index (χ1v) is 7.84. The van der Waals surface area contributed by atoms with Gasteiger partial charge >= 0.3 is 0 Å². The molecule has 0 fully saturated rings. The van der Waals surface area contributed by atoms with Crippen molar-refractivity contribution in [2.75, 3.05) is 32.1 Å². The third kappa shape index (κ3) is 3.30. The van der Waals surface area contributed by atoms with Crippen molar-refractivity contribution in [2.24, 2.45) is 0 Å². The fraction of sp³-hybridized carbons (Fsp3) is 0.471. The van der Waals surface area contributed by atoms with Gasteiger partial charge in [-0.05, 0) is 38.2 Å². The van der Waals surface area contributed by atoms with Gasteiger partial charge in [0, 0.05) is 43.0 Å². The van der Waals surface area contributed by atoms with Crippen molar-refractivity contribution in [3.05, 3.63) is 34.5 Å². The average Bonchev–Trinajstić information content (AvgIpc) is 2.47. The highest BCUT2D eigenvalue weighted by Crippen LogP contribution is 2.31. The zero-order valence-corrected chi connectivity index (χ0v) is 14.3. The lowest BCUT2D eigenvalue weighted by molar-refractivity contribution is 0.295. The molecule has 1 aromatic carbocycles. The Labute approximate surface area is 132 Å². The molecule has 4 heteroatoms. The SMILES string of the molecule is CCN(CC)Cc1c(C)nc2ccc(N(C)C)cc2c1Cl. The molecule has 0 spiro atoms. The number of nitrogens with zero attached hydrogens (tertiary/aromatic N) is 3. The van der Waals surface area contributed by atoms with E-state index in [2.05, 4.69) is 35.8 Å². The van der Waals surface area contributed by atoms with E-state index in [1.807, 2.05) is 27.1 Å². The summed E-state index contributed by atoms with van der Waals surface area (Å²) in [4.78, 5) is 9.17. The van der Waals surface area contributed by atoms with Gasteiger partial charge in [0.15, 0.2) is 0 Å². The third-order valence-corrected chi connectivity index (χ3v) is 4.43. The molecule has 0 unspecified atom stereocenters. The molecular formula is C17H24ClN3. The molecule has 0 radical (unpaired) electrons. The van der Waals surface area contributed by atoms with Crippen molar-refractivity contribution >= 4 is 28.2 Å². The number of fused-ring (bicyclic) bond motifs is 1. The van der Waals surface area contributed by atoms with E-state index in [-0.39, 0.29) is 0 Å². The van der Waals surface area contributed by atoms with Gasteiger partial charge in [-0.1, -0.05) is 25.4 Å². The first kappa shape index (κ1) is 16.1. The minimum atomic E-state index is 0.841. The fourth-order valence-electron chi connectivity index (χ4n) is 2.50. The second-order valence-electron chi connectivity index (χ2n) is 5.55. The van der Waals surface area contributed by atoms with Gasteiger partial charge in [-0.15, -0.1) is 0 Å². The third-order valence-electron chi connectivity index (χ3n) is 4.00. The van der Waals surface area contributed by atoms with Gasteiger partial charge in [-0.25, -0.2) is 0 Å². The largest absolute Gasteiger partial charge is 0.378 e. The van der Waals surface area contributed by atoms with E-state index in [1.165, 1.54) is 0 Å². The summed E-state index contributed by atoms with van der Waals surface area (Å²) >= 11 is 6.70. The van der Waals surface area contributed by atoms with E-state index in [0.29, 0.717) is 0 Å². The Morgan fingerprint density at radius 1 is 1.14 bits per heavy atom. The highest BCUT2D eigenvalue weighted by atomic mass is 35.5. The molecule has 1 aromatic heterocycles. The fourth-order valence-corrected chi connectivity index (χ4v) is 2.85. The normalized spacial score (nSPS) is 11.4. The van der Waals surface area contributed by atoms with Gasteiger partial charge < -0.3 is 4.90 Å². The predicted molar refractivity (Wildman–Crippen MR) is 92.4 cm³/mol. The second kappa shape index (κ2) is 6.63. The van der Waals surface area contributed by atoms with Gasteiger partial charge in [-0.3, -0.25) is 9.88 Å². The Bertz CT molecular complexity index is 633. The molecule has 0 aliphatic rings. The summed E-state index contributed by atoms with van der Waals surface area (Å²) in [6.45, 7) is 9.28. The van der Waals surface area contributed by atoms with Crippen LogP contribution in [0.1, 0.15) is 25.1 Å². The number of aryl methyl sites for hydroxylation is 1. The average molecular weight is 306 g/mol. The van der Waals surface area contributed by atoms with Crippen molar-refractivity contribution in [3.63, 3.8) is 0 Å². The number of halogens is 1. The van der Waals surface area contributed by atoms with Crippen molar-refractivity contribution in [1.82, 2.24) is 9.88 Å². The lowest BCUT2D eigenvalue weighted by Gasteiger charge is -2.21. The van der Waals surface area contributed by atoms with E-state index in [9.17, 15) is 0 Å². The molecule has 2 rings (SSSR count). The monoisotopic (exact) mass is 305 g/mol. The van der Waals surface area contributed by atoms with Crippen LogP contribution in [0, 0.1) is 6.92 Å². The zero-order valence-electron chi connectivity index (χ0n) is 13.6. The van der Waals surface area contributed by atoms with Crippen molar-refractivity contribution in [2.45, 2.75) is 27.3 Å². The summed E-state index contributed by atoms with van der Waals surface area (Å²) in [6.07, 6.45) is 0. The molecule has 0 amide bonds. The van der Waals surface area contributed by atoms with E-state index < -0.39 is 0 Å². The van der Waals surface area contributed by atoms with Crippen LogP contribution in [-0.2, 0) is 6.54 Å². The number of aromatic nitrogens is 1. The van der Waals surface area contributed by atoms with Gasteiger partial charge in [0.1, 0.15) is 0 Å². The number of rotatable bonds is 5. The Morgan fingerprint density at radius 2 is 1.81 bits per heavy atom. The smallest absolute Gasteiger partial charge is 0.0721 e. The Kier molecular flexibility index (Phi) is 5.07. The van der Waals surface area contributed by atoms with E-state index in [1.54, 1.807) is 0 Å². The van der Waals surface area contributed by atoms with Gasteiger partial charge in [0.25, 0.3) is 0 Å². The molecule has 0 N–H and O–H groups in total. The first-order chi connectivity index (χ1) is 9.97. The van der Waals surface area contributed by atoms with Gasteiger partial charge in [0.2, 0.25) is 0 Å². The molecule has 2 aromatic rings. The van der Waals surface area contributed by atoms with Crippen molar-refractivity contribution < 1.29 is 0 Å². The van der Waals surface area contributed by atoms with Gasteiger partial charge in [-0.2, -0.15) is 0 Å². The molecule has 0 bridgehead atoms. The molecule has 114 valence electrons. The number of anilines is 1. The summed E-state index contributed by atoms with van der Waals surface area (Å²) < 4.78 is 0. The molecule has 0 aliphatic carbocycles. The van der Waals surface area contributed by atoms with Crippen molar-refractivity contribution in [1.29, 1.82) is 0 Å². The molecule has 0 atom stereocenters. The van der Waals surface area contributed by atoms with Crippen LogP contribution in [0.15, 0.2) is 18.2 Å². The highest BCUT2D eigenvalue weighted by Gasteiger charge is 2.14. The number of hydrogen-bond acceptors (Lipinski definition) is 3. The molecule has 0 saturated carbocycles. The Balaban J connectivity index is 2.55. The number of benzene rings is 1. The van der Waals surface area contributed by atoms with Crippen LogP contribution < -0.4 is 4.90 Å². The lowest BCUT2D eigenvalue weighted by Crippen LogP contribution is -2.23. The standard InChI is InChI=1S/C17H24ClN3/c1-6-21(7-2)11-15-12(3)19-16-9-8-13(20(4)5)10-14(16)17(15)18/h8-10H,6-7,11H2,1-5H3. The Hall–Kier alpha value is -1.32. The number of pyridine rings is 1. The molecule has 0 aliphatic heterocycles. The summed E-state index contributed by atoms with van der Waals surface area (Å²) in [5.41, 5.74) is 4.27. The van der Waals surface area contributed by atoms with E-state index in [0.717, 1.165) is 52.5 Å². The van der Waals surface area contributed by atoms with Crippen LogP contribution in [0.4, 0.5) is 5.69 Å². The number of hydrogen-bond donors (Lipinski definition) is 0. The predicted octanol–water partition coefficient (Wildman–Crippen LogP) is 4.10. The second-order valence-corrected chi connectivity index (χ2v) is 5.92. The minimum absolute atomic E-state index is 0.841. The zero-order chi connectivity index (χ0) is 15.6. The topological polar surface area (TPSA) is 19.4 Å². The van der Waals surface area contributed by atoms with E-state index in [4.69, 9.17) is 16.6 Å². The van der Waals surface area contributed by atoms with Crippen LogP contribution in [0.5, 0.6) is 0 Å². The maximum absolute atomic E-state index is 6.70. The van der Waals surface area contributed by atoms with Crippen LogP contribution in [0.2, 0.25) is 5.02 Å². The quantitative estimate of drug-likeness (QED) is 0.829. The highest BCUT2D eigenvalue weighted by molar-refractivity contribution is 6.36. The lowest BCUT2D eigenvalue weighted by atomic mass is 10.1. The molecular weight excluding hydrogens is 282 g/mol. The minimum Gasteiger partial charge on any atom is -0.378 e. The van der Waals surface area contributed by atoms with Crippen LogP contribution in [0.25, 0.3) is 10.9 Å². The maximum atomic E-state index is 6.70. The maximum Gasteiger partial charge on any atom is 0.0721 e.